The minimum atomic E-state index is -3.57. The highest BCUT2D eigenvalue weighted by Gasteiger charge is 2.44. The summed E-state index contributed by atoms with van der Waals surface area (Å²) in [4.78, 5) is 11.2. The summed E-state index contributed by atoms with van der Waals surface area (Å²) in [6.07, 6.45) is 3.77. The molecule has 0 bridgehead atoms. The van der Waals surface area contributed by atoms with Crippen LogP contribution in [-0.4, -0.2) is 62.8 Å². The van der Waals surface area contributed by atoms with Gasteiger partial charge in [-0.05, 0) is 26.3 Å². The molecule has 0 unspecified atom stereocenters. The molecule has 2 N–H and O–H groups in total. The summed E-state index contributed by atoms with van der Waals surface area (Å²) >= 11 is 0. The first-order valence-electron chi connectivity index (χ1n) is 11.4. The Kier molecular flexibility index (Phi) is 7.00. The second-order valence-corrected chi connectivity index (χ2v) is 11.8. The summed E-state index contributed by atoms with van der Waals surface area (Å²) < 4.78 is 41.6. The van der Waals surface area contributed by atoms with Crippen molar-refractivity contribution in [3.05, 3.63) is 53.5 Å². The van der Waals surface area contributed by atoms with Gasteiger partial charge in [-0.25, -0.2) is 8.42 Å². The van der Waals surface area contributed by atoms with E-state index in [0.717, 1.165) is 11.8 Å². The number of rotatable bonds is 8. The lowest BCUT2D eigenvalue weighted by molar-refractivity contribution is 0.0480. The van der Waals surface area contributed by atoms with Crippen LogP contribution in [-0.2, 0) is 25.9 Å². The van der Waals surface area contributed by atoms with Crippen molar-refractivity contribution in [2.75, 3.05) is 31.0 Å². The van der Waals surface area contributed by atoms with Crippen molar-refractivity contribution in [2.24, 2.45) is 0 Å². The molecule has 10 nitrogen and oxygen atoms in total. The van der Waals surface area contributed by atoms with E-state index in [1.807, 2.05) is 37.3 Å². The Morgan fingerprint density at radius 3 is 2.69 bits per heavy atom. The van der Waals surface area contributed by atoms with E-state index in [1.165, 1.54) is 6.26 Å². The number of hydrogen-bond acceptors (Lipinski definition) is 10. The number of ether oxygens (including phenoxy) is 3. The molecule has 3 heterocycles. The molecular weight excluding hydrogens is 470 g/mol. The van der Waals surface area contributed by atoms with Crippen LogP contribution in [0, 0.1) is 5.41 Å². The monoisotopic (exact) mass is 501 g/mol. The summed E-state index contributed by atoms with van der Waals surface area (Å²) in [5.74, 6) is 0.975. The van der Waals surface area contributed by atoms with Crippen LogP contribution < -0.4 is 19.7 Å². The lowest BCUT2D eigenvalue weighted by Crippen LogP contribution is -2.56. The summed E-state index contributed by atoms with van der Waals surface area (Å²) in [5.41, 5.74) is 1.29. The number of morpholine rings is 1. The van der Waals surface area contributed by atoms with Gasteiger partial charge in [0, 0.05) is 19.0 Å². The van der Waals surface area contributed by atoms with Crippen molar-refractivity contribution < 1.29 is 22.6 Å². The van der Waals surface area contributed by atoms with Crippen molar-refractivity contribution in [3.8, 4) is 11.8 Å². The lowest BCUT2D eigenvalue weighted by Gasteiger charge is -2.45. The van der Waals surface area contributed by atoms with Crippen LogP contribution in [0.5, 0.6) is 11.8 Å². The third-order valence-electron chi connectivity index (χ3n) is 6.27. The van der Waals surface area contributed by atoms with E-state index in [-0.39, 0.29) is 29.5 Å². The van der Waals surface area contributed by atoms with E-state index in [9.17, 15) is 8.42 Å². The quantitative estimate of drug-likeness (QED) is 0.414. The van der Waals surface area contributed by atoms with Gasteiger partial charge in [-0.1, -0.05) is 30.3 Å². The Morgan fingerprint density at radius 1 is 1.26 bits per heavy atom. The zero-order chi connectivity index (χ0) is 25.2. The highest BCUT2D eigenvalue weighted by atomic mass is 32.2. The number of anilines is 1. The number of hydrogen-bond donors (Lipinski definition) is 2. The maximum Gasteiger partial charge on any atom is 0.324 e. The fourth-order valence-electron chi connectivity index (χ4n) is 4.01. The molecule has 0 saturated carbocycles. The number of fused-ring (bicyclic) bond motifs is 3. The summed E-state index contributed by atoms with van der Waals surface area (Å²) in [6, 6.07) is 9.68. The molecule has 0 radical (unpaired) electrons. The molecule has 1 saturated heterocycles. The van der Waals surface area contributed by atoms with Gasteiger partial charge in [0.15, 0.2) is 27.2 Å². The first-order chi connectivity index (χ1) is 16.6. The van der Waals surface area contributed by atoms with Gasteiger partial charge in [-0.2, -0.15) is 9.97 Å². The molecule has 0 aliphatic carbocycles. The van der Waals surface area contributed by atoms with E-state index in [0.29, 0.717) is 37.9 Å². The molecule has 1 fully saturated rings. The fraction of sp³-hybridized carbons (Fsp3) is 0.458. The third kappa shape index (κ3) is 5.10. The second kappa shape index (κ2) is 9.82. The molecule has 0 spiro atoms. The van der Waals surface area contributed by atoms with Crippen LogP contribution in [0.25, 0.3) is 0 Å². The summed E-state index contributed by atoms with van der Waals surface area (Å²) in [7, 11) is -3.57. The number of allylic oxidation sites excluding steroid dienone is 1. The highest BCUT2D eigenvalue weighted by molar-refractivity contribution is 7.91. The van der Waals surface area contributed by atoms with Crippen LogP contribution in [0.15, 0.2) is 42.3 Å². The van der Waals surface area contributed by atoms with Crippen molar-refractivity contribution >= 4 is 21.9 Å². The van der Waals surface area contributed by atoms with Crippen molar-refractivity contribution in [1.29, 1.82) is 5.41 Å². The molecule has 4 rings (SSSR count). The SMILES string of the molecule is C[C@@H]1COC[C@H]2COc3c(nc(O/C(C=N)=C/NCc4ccccc4)nc3C(C)(C)S(C)(=O)=O)N21. The molecule has 188 valence electrons. The van der Waals surface area contributed by atoms with Gasteiger partial charge < -0.3 is 29.8 Å². The van der Waals surface area contributed by atoms with Crippen LogP contribution in [0.4, 0.5) is 5.82 Å². The average molecular weight is 502 g/mol. The lowest BCUT2D eigenvalue weighted by atomic mass is 10.0. The van der Waals surface area contributed by atoms with E-state index >= 15 is 0 Å². The van der Waals surface area contributed by atoms with E-state index in [4.69, 9.17) is 19.6 Å². The van der Waals surface area contributed by atoms with Gasteiger partial charge in [-0.15, -0.1) is 0 Å². The molecule has 1 aromatic heterocycles. The maximum absolute atomic E-state index is 12.7. The predicted molar refractivity (Wildman–Crippen MR) is 133 cm³/mol. The molecule has 35 heavy (non-hydrogen) atoms. The van der Waals surface area contributed by atoms with Crippen LogP contribution >= 0.6 is 0 Å². The topological polar surface area (TPSA) is 127 Å². The van der Waals surface area contributed by atoms with Gasteiger partial charge in [0.2, 0.25) is 0 Å². The van der Waals surface area contributed by atoms with Crippen molar-refractivity contribution in [1.82, 2.24) is 15.3 Å². The van der Waals surface area contributed by atoms with Crippen LogP contribution in [0.1, 0.15) is 32.0 Å². The molecule has 0 amide bonds. The zero-order valence-corrected chi connectivity index (χ0v) is 21.1. The maximum atomic E-state index is 12.7. The molecule has 2 aliphatic rings. The molecule has 2 aliphatic heterocycles. The Morgan fingerprint density at radius 2 is 2.00 bits per heavy atom. The zero-order valence-electron chi connectivity index (χ0n) is 20.3. The number of nitrogens with one attached hydrogen (secondary N) is 2. The van der Waals surface area contributed by atoms with E-state index < -0.39 is 14.6 Å². The minimum absolute atomic E-state index is 0.00126. The number of sulfone groups is 1. The van der Waals surface area contributed by atoms with E-state index in [1.54, 1.807) is 20.0 Å². The number of aromatic nitrogens is 2. The number of benzene rings is 1. The van der Waals surface area contributed by atoms with Gasteiger partial charge in [0.05, 0.1) is 31.5 Å². The Bertz CT molecular complexity index is 1220. The smallest absolute Gasteiger partial charge is 0.324 e. The van der Waals surface area contributed by atoms with Crippen molar-refractivity contribution in [2.45, 2.75) is 44.1 Å². The fourth-order valence-corrected chi connectivity index (χ4v) is 4.50. The Labute approximate surface area is 205 Å². The van der Waals surface area contributed by atoms with Crippen molar-refractivity contribution in [3.63, 3.8) is 0 Å². The average Bonchev–Trinajstić information content (AvgIpc) is 2.82. The van der Waals surface area contributed by atoms with E-state index in [2.05, 4.69) is 20.2 Å². The first kappa shape index (κ1) is 24.9. The summed E-state index contributed by atoms with van der Waals surface area (Å²) in [6.45, 7) is 7.05. The molecule has 2 aromatic rings. The minimum Gasteiger partial charge on any atom is -0.486 e. The molecule has 1 aromatic carbocycles. The van der Waals surface area contributed by atoms with Gasteiger partial charge >= 0.3 is 6.01 Å². The largest absolute Gasteiger partial charge is 0.486 e. The Hall–Kier alpha value is -3.18. The molecule has 2 atom stereocenters. The summed E-state index contributed by atoms with van der Waals surface area (Å²) in [5, 5.41) is 10.9. The third-order valence-corrected chi connectivity index (χ3v) is 8.32. The second-order valence-electron chi connectivity index (χ2n) is 9.21. The Balaban J connectivity index is 1.71. The number of nitrogens with zero attached hydrogens (tertiary/aromatic N) is 3. The van der Waals surface area contributed by atoms with Crippen LogP contribution in [0.2, 0.25) is 0 Å². The standard InChI is InChI=1S/C24H31N5O5S/c1-16-13-32-14-18-15-33-20-21(24(2,3)35(4,30)31)27-23(28-22(20)29(16)18)34-19(10-25)12-26-11-17-8-6-5-7-9-17/h5-10,12,16,18,25-26H,11,13-15H2,1-4H3/b19-12+,25-10?/t16-,18+/m1/s1. The highest BCUT2D eigenvalue weighted by Crippen LogP contribution is 2.44. The van der Waals surface area contributed by atoms with Gasteiger partial charge in [0.25, 0.3) is 0 Å². The normalized spacial score (nSPS) is 20.3. The molecular formula is C24H31N5O5S. The predicted octanol–water partition coefficient (Wildman–Crippen LogP) is 2.40. The first-order valence-corrected chi connectivity index (χ1v) is 13.3. The van der Waals surface area contributed by atoms with Gasteiger partial charge in [-0.3, -0.25) is 0 Å². The van der Waals surface area contributed by atoms with Crippen LogP contribution in [0.3, 0.4) is 0 Å². The van der Waals surface area contributed by atoms with Gasteiger partial charge in [0.1, 0.15) is 17.0 Å². The molecule has 11 heteroatoms.